The Morgan fingerprint density at radius 3 is 2.87 bits per heavy atom. The lowest BCUT2D eigenvalue weighted by atomic mass is 10.1. The maximum Gasteiger partial charge on any atom is 0.330 e. The minimum atomic E-state index is -0.451. The third-order valence-corrected chi connectivity index (χ3v) is 4.06. The first kappa shape index (κ1) is 15.5. The molecule has 0 radical (unpaired) electrons. The molecule has 0 bridgehead atoms. The second kappa shape index (κ2) is 6.04. The lowest BCUT2D eigenvalue weighted by Crippen LogP contribution is -2.43. The van der Waals surface area contributed by atoms with E-state index in [0.717, 1.165) is 25.0 Å². The molecule has 3 heterocycles. The van der Waals surface area contributed by atoms with Gasteiger partial charge >= 0.3 is 5.69 Å². The van der Waals surface area contributed by atoms with Crippen molar-refractivity contribution in [1.82, 2.24) is 19.5 Å². The number of piperidine rings is 1. The van der Waals surface area contributed by atoms with E-state index in [2.05, 4.69) is 15.0 Å². The van der Waals surface area contributed by atoms with Crippen LogP contribution in [-0.2, 0) is 6.54 Å². The van der Waals surface area contributed by atoms with Crippen LogP contribution in [0, 0.1) is 0 Å². The van der Waals surface area contributed by atoms with Gasteiger partial charge in [0, 0.05) is 25.7 Å². The molecule has 1 aliphatic rings. The van der Waals surface area contributed by atoms with Crippen molar-refractivity contribution in [2.24, 2.45) is 5.73 Å². The van der Waals surface area contributed by atoms with Crippen LogP contribution in [-0.4, -0.2) is 38.7 Å². The SMILES string of the molecule is CC(C)=CCn1c(=O)[nH]c2nc(N3CCCC(N)C3)[nH]c2c1=O. The molecule has 0 spiro atoms. The third kappa shape index (κ3) is 3.07. The molecule has 8 heteroatoms. The van der Waals surface area contributed by atoms with Crippen LogP contribution < -0.4 is 21.9 Å². The molecule has 2 aromatic rings. The van der Waals surface area contributed by atoms with Crippen LogP contribution in [0.5, 0.6) is 0 Å². The molecule has 1 saturated heterocycles. The van der Waals surface area contributed by atoms with E-state index >= 15 is 0 Å². The summed E-state index contributed by atoms with van der Waals surface area (Å²) in [7, 11) is 0. The monoisotopic (exact) mass is 318 g/mol. The normalized spacial score (nSPS) is 18.4. The Morgan fingerprint density at radius 1 is 1.39 bits per heavy atom. The van der Waals surface area contributed by atoms with E-state index in [9.17, 15) is 9.59 Å². The van der Waals surface area contributed by atoms with Crippen molar-refractivity contribution in [2.45, 2.75) is 39.3 Å². The Labute approximate surface area is 133 Å². The Balaban J connectivity index is 2.03. The number of nitrogens with zero attached hydrogens (tertiary/aromatic N) is 3. The summed E-state index contributed by atoms with van der Waals surface area (Å²) in [6, 6.07) is 0.102. The molecule has 0 aliphatic carbocycles. The van der Waals surface area contributed by atoms with Crippen molar-refractivity contribution in [1.29, 1.82) is 0 Å². The van der Waals surface area contributed by atoms with E-state index < -0.39 is 5.69 Å². The first-order valence-electron chi connectivity index (χ1n) is 7.82. The number of imidazole rings is 1. The molecule has 8 nitrogen and oxygen atoms in total. The van der Waals surface area contributed by atoms with Crippen LogP contribution in [0.15, 0.2) is 21.2 Å². The number of rotatable bonds is 3. The molecule has 1 fully saturated rings. The summed E-state index contributed by atoms with van der Waals surface area (Å²) in [5.41, 5.74) is 6.84. The predicted molar refractivity (Wildman–Crippen MR) is 89.8 cm³/mol. The van der Waals surface area contributed by atoms with Crippen molar-refractivity contribution in [3.8, 4) is 0 Å². The van der Waals surface area contributed by atoms with Gasteiger partial charge < -0.3 is 15.6 Å². The van der Waals surface area contributed by atoms with Gasteiger partial charge in [0.2, 0.25) is 5.95 Å². The average molecular weight is 318 g/mol. The van der Waals surface area contributed by atoms with E-state index in [0.29, 0.717) is 23.7 Å². The molecule has 0 aromatic carbocycles. The number of aromatic nitrogens is 4. The number of aromatic amines is 2. The predicted octanol–water partition coefficient (Wildman–Crippen LogP) is 0.307. The maximum absolute atomic E-state index is 12.5. The minimum absolute atomic E-state index is 0.102. The topological polar surface area (TPSA) is 113 Å². The van der Waals surface area contributed by atoms with Gasteiger partial charge in [-0.05, 0) is 26.7 Å². The molecule has 1 atom stereocenters. The molecule has 3 rings (SSSR count). The van der Waals surface area contributed by atoms with Crippen LogP contribution in [0.4, 0.5) is 5.95 Å². The molecule has 124 valence electrons. The van der Waals surface area contributed by atoms with Crippen molar-refractivity contribution in [3.63, 3.8) is 0 Å². The lowest BCUT2D eigenvalue weighted by Gasteiger charge is -2.30. The summed E-state index contributed by atoms with van der Waals surface area (Å²) in [4.78, 5) is 36.7. The summed E-state index contributed by atoms with van der Waals surface area (Å²) in [6.07, 6.45) is 3.81. The van der Waals surface area contributed by atoms with Gasteiger partial charge in [-0.2, -0.15) is 4.98 Å². The third-order valence-electron chi connectivity index (χ3n) is 4.06. The fraction of sp³-hybridized carbons (Fsp3) is 0.533. The zero-order chi connectivity index (χ0) is 16.6. The standard InChI is InChI=1S/C15H22N6O2/c1-9(2)5-7-21-13(22)11-12(19-15(21)23)18-14(17-11)20-6-3-4-10(16)8-20/h5,10H,3-4,6-8,16H2,1-2H3,(H,17,18)(H,19,23). The number of hydrogen-bond acceptors (Lipinski definition) is 5. The van der Waals surface area contributed by atoms with E-state index in [-0.39, 0.29) is 18.1 Å². The smallest absolute Gasteiger partial charge is 0.330 e. The number of fused-ring (bicyclic) bond motifs is 1. The highest BCUT2D eigenvalue weighted by molar-refractivity contribution is 5.72. The van der Waals surface area contributed by atoms with Gasteiger partial charge in [-0.1, -0.05) is 11.6 Å². The minimum Gasteiger partial charge on any atom is -0.341 e. The molecule has 23 heavy (non-hydrogen) atoms. The van der Waals surface area contributed by atoms with Crippen LogP contribution in [0.1, 0.15) is 26.7 Å². The molecular formula is C15H22N6O2. The summed E-state index contributed by atoms with van der Waals surface area (Å²) < 4.78 is 1.17. The van der Waals surface area contributed by atoms with Gasteiger partial charge in [0.25, 0.3) is 5.56 Å². The number of H-pyrrole nitrogens is 2. The molecule has 4 N–H and O–H groups in total. The highest BCUT2D eigenvalue weighted by atomic mass is 16.2. The molecule has 1 aliphatic heterocycles. The summed E-state index contributed by atoms with van der Waals surface area (Å²) in [5.74, 6) is 0.586. The van der Waals surface area contributed by atoms with Gasteiger partial charge in [-0.3, -0.25) is 14.3 Å². The quantitative estimate of drug-likeness (QED) is 0.705. The Bertz CT molecular complexity index is 855. The summed E-state index contributed by atoms with van der Waals surface area (Å²) in [6.45, 7) is 5.62. The van der Waals surface area contributed by atoms with E-state index in [1.54, 1.807) is 0 Å². The maximum atomic E-state index is 12.5. The Kier molecular flexibility index (Phi) is 4.08. The number of nitrogens with one attached hydrogen (secondary N) is 2. The van der Waals surface area contributed by atoms with Gasteiger partial charge in [0.15, 0.2) is 11.2 Å². The first-order chi connectivity index (χ1) is 11.0. The van der Waals surface area contributed by atoms with Crippen molar-refractivity contribution in [3.05, 3.63) is 32.5 Å². The fourth-order valence-corrected chi connectivity index (χ4v) is 2.79. The highest BCUT2D eigenvalue weighted by Gasteiger charge is 2.21. The van der Waals surface area contributed by atoms with Gasteiger partial charge in [-0.15, -0.1) is 0 Å². The van der Waals surface area contributed by atoms with Crippen molar-refractivity contribution >= 4 is 17.1 Å². The molecule has 1 unspecified atom stereocenters. The van der Waals surface area contributed by atoms with Crippen LogP contribution >= 0.6 is 0 Å². The number of allylic oxidation sites excluding steroid dienone is 2. The molecule has 0 saturated carbocycles. The molecular weight excluding hydrogens is 296 g/mol. The van der Waals surface area contributed by atoms with Gasteiger partial charge in [0.05, 0.1) is 0 Å². The van der Waals surface area contributed by atoms with Gasteiger partial charge in [0.1, 0.15) is 0 Å². The summed E-state index contributed by atoms with van der Waals surface area (Å²) in [5, 5.41) is 0. The van der Waals surface area contributed by atoms with Gasteiger partial charge in [-0.25, -0.2) is 4.79 Å². The molecule has 2 aromatic heterocycles. The van der Waals surface area contributed by atoms with Crippen LogP contribution in [0.3, 0.4) is 0 Å². The van der Waals surface area contributed by atoms with E-state index in [1.165, 1.54) is 4.57 Å². The Morgan fingerprint density at radius 2 is 2.17 bits per heavy atom. The zero-order valence-corrected chi connectivity index (χ0v) is 13.4. The highest BCUT2D eigenvalue weighted by Crippen LogP contribution is 2.17. The summed E-state index contributed by atoms with van der Waals surface area (Å²) >= 11 is 0. The second-order valence-corrected chi connectivity index (χ2v) is 6.26. The van der Waals surface area contributed by atoms with E-state index in [4.69, 9.17) is 5.73 Å². The van der Waals surface area contributed by atoms with Crippen LogP contribution in [0.25, 0.3) is 11.2 Å². The largest absolute Gasteiger partial charge is 0.341 e. The van der Waals surface area contributed by atoms with Crippen LogP contribution in [0.2, 0.25) is 0 Å². The molecule has 0 amide bonds. The second-order valence-electron chi connectivity index (χ2n) is 6.26. The average Bonchev–Trinajstić information content (AvgIpc) is 2.91. The number of hydrogen-bond donors (Lipinski definition) is 3. The number of anilines is 1. The Hall–Kier alpha value is -2.35. The number of nitrogens with two attached hydrogens (primary N) is 1. The zero-order valence-electron chi connectivity index (χ0n) is 13.4. The van der Waals surface area contributed by atoms with Crippen molar-refractivity contribution in [2.75, 3.05) is 18.0 Å². The first-order valence-corrected chi connectivity index (χ1v) is 7.82. The van der Waals surface area contributed by atoms with Crippen molar-refractivity contribution < 1.29 is 0 Å². The fourth-order valence-electron chi connectivity index (χ4n) is 2.79. The lowest BCUT2D eigenvalue weighted by molar-refractivity contribution is 0.501. The van der Waals surface area contributed by atoms with E-state index in [1.807, 2.05) is 24.8 Å².